The molecule has 0 aliphatic carbocycles. The van der Waals surface area contributed by atoms with Gasteiger partial charge in [0.1, 0.15) is 5.75 Å². The van der Waals surface area contributed by atoms with E-state index in [1.54, 1.807) is 28.0 Å². The molecule has 1 unspecified atom stereocenters. The third-order valence-electron chi connectivity index (χ3n) is 4.00. The molecule has 2 aliphatic heterocycles. The third kappa shape index (κ3) is 2.35. The molecule has 0 spiro atoms. The molecule has 0 saturated carbocycles. The molecule has 7 nitrogen and oxygen atoms in total. The molecule has 2 heterocycles. The Balaban J connectivity index is 1.75. The number of fused-ring (bicyclic) bond motifs is 1. The molecule has 0 aromatic heterocycles. The number of nitrogens with two attached hydrogens (primary N) is 1. The van der Waals surface area contributed by atoms with Crippen molar-refractivity contribution in [1.29, 1.82) is 0 Å². The van der Waals surface area contributed by atoms with Crippen LogP contribution in [-0.2, 0) is 0 Å². The molecule has 3 rings (SSSR count). The molecular formula is C14H18N4O3. The highest BCUT2D eigenvalue weighted by Gasteiger charge is 2.37. The first-order valence-electron chi connectivity index (χ1n) is 6.87. The number of amides is 3. The Labute approximate surface area is 122 Å². The van der Waals surface area contributed by atoms with Gasteiger partial charge in [0, 0.05) is 31.7 Å². The molecule has 1 aromatic rings. The Kier molecular flexibility index (Phi) is 3.32. The van der Waals surface area contributed by atoms with Crippen molar-refractivity contribution in [2.75, 3.05) is 39.0 Å². The number of urea groups is 1. The largest absolute Gasteiger partial charge is 0.495 e. The molecule has 21 heavy (non-hydrogen) atoms. The summed E-state index contributed by atoms with van der Waals surface area (Å²) in [5, 5.41) is 2.80. The van der Waals surface area contributed by atoms with Gasteiger partial charge in [0.2, 0.25) is 0 Å². The molecule has 1 atom stereocenters. The van der Waals surface area contributed by atoms with Crippen molar-refractivity contribution in [3.8, 4) is 5.75 Å². The van der Waals surface area contributed by atoms with Crippen LogP contribution in [0.25, 0.3) is 0 Å². The molecule has 3 amide bonds. The highest BCUT2D eigenvalue weighted by Crippen LogP contribution is 2.24. The van der Waals surface area contributed by atoms with Gasteiger partial charge in [-0.25, -0.2) is 4.79 Å². The number of carbonyl (C=O) groups excluding carboxylic acids is 2. The summed E-state index contributed by atoms with van der Waals surface area (Å²) >= 11 is 0. The lowest BCUT2D eigenvalue weighted by Crippen LogP contribution is -2.53. The lowest BCUT2D eigenvalue weighted by molar-refractivity contribution is 0.0616. The van der Waals surface area contributed by atoms with Crippen LogP contribution in [0.3, 0.4) is 0 Å². The molecule has 2 fully saturated rings. The van der Waals surface area contributed by atoms with Crippen LogP contribution in [0.4, 0.5) is 10.5 Å². The Hall–Kier alpha value is -2.44. The van der Waals surface area contributed by atoms with Crippen molar-refractivity contribution in [2.24, 2.45) is 0 Å². The van der Waals surface area contributed by atoms with Gasteiger partial charge in [-0.3, -0.25) is 4.79 Å². The smallest absolute Gasteiger partial charge is 0.317 e. The highest BCUT2D eigenvalue weighted by atomic mass is 16.5. The van der Waals surface area contributed by atoms with Gasteiger partial charge in [0.05, 0.1) is 18.8 Å². The van der Waals surface area contributed by atoms with Gasteiger partial charge in [0.15, 0.2) is 0 Å². The first kappa shape index (κ1) is 13.5. The fourth-order valence-electron chi connectivity index (χ4n) is 2.82. The monoisotopic (exact) mass is 290 g/mol. The van der Waals surface area contributed by atoms with E-state index in [9.17, 15) is 9.59 Å². The minimum absolute atomic E-state index is 0.0405. The summed E-state index contributed by atoms with van der Waals surface area (Å²) in [4.78, 5) is 27.7. The second kappa shape index (κ2) is 5.16. The third-order valence-corrected chi connectivity index (χ3v) is 4.00. The van der Waals surface area contributed by atoms with Crippen LogP contribution in [0, 0.1) is 0 Å². The molecule has 7 heteroatoms. The zero-order chi connectivity index (χ0) is 15.0. The molecule has 2 saturated heterocycles. The van der Waals surface area contributed by atoms with E-state index < -0.39 is 0 Å². The SMILES string of the molecule is COc1cc(C(=O)N2CCN3C(=O)NCC3C2)ccc1N. The number of nitrogens with one attached hydrogen (secondary N) is 1. The zero-order valence-electron chi connectivity index (χ0n) is 11.8. The number of ether oxygens (including phenoxy) is 1. The molecule has 0 radical (unpaired) electrons. The van der Waals surface area contributed by atoms with Crippen molar-refractivity contribution in [3.63, 3.8) is 0 Å². The first-order valence-corrected chi connectivity index (χ1v) is 6.87. The number of nitrogen functional groups attached to an aromatic ring is 1. The van der Waals surface area contributed by atoms with Gasteiger partial charge >= 0.3 is 6.03 Å². The van der Waals surface area contributed by atoms with E-state index >= 15 is 0 Å². The normalized spacial score (nSPS) is 21.0. The van der Waals surface area contributed by atoms with Crippen molar-refractivity contribution in [2.45, 2.75) is 6.04 Å². The first-order chi connectivity index (χ1) is 10.1. The number of anilines is 1. The summed E-state index contributed by atoms with van der Waals surface area (Å²) in [5.41, 5.74) is 6.81. The van der Waals surface area contributed by atoms with Gasteiger partial charge in [0.25, 0.3) is 5.91 Å². The molecule has 112 valence electrons. The number of nitrogens with zero attached hydrogens (tertiary/aromatic N) is 2. The predicted octanol–water partition coefficient (Wildman–Crippen LogP) is 0.127. The average molecular weight is 290 g/mol. The van der Waals surface area contributed by atoms with Gasteiger partial charge in [-0.05, 0) is 18.2 Å². The number of hydrogen-bond acceptors (Lipinski definition) is 4. The second-order valence-electron chi connectivity index (χ2n) is 5.24. The van der Waals surface area contributed by atoms with E-state index in [1.165, 1.54) is 7.11 Å². The van der Waals surface area contributed by atoms with Crippen LogP contribution in [0.2, 0.25) is 0 Å². The second-order valence-corrected chi connectivity index (χ2v) is 5.24. The Bertz CT molecular complexity index is 590. The van der Waals surface area contributed by atoms with Crippen LogP contribution in [0.5, 0.6) is 5.75 Å². The molecule has 1 aromatic carbocycles. The minimum atomic E-state index is -0.0627. The summed E-state index contributed by atoms with van der Waals surface area (Å²) < 4.78 is 5.15. The summed E-state index contributed by atoms with van der Waals surface area (Å²) in [6, 6.07) is 5.04. The Morgan fingerprint density at radius 2 is 2.24 bits per heavy atom. The molecule has 0 bridgehead atoms. The molecule has 2 aliphatic rings. The fraction of sp³-hybridized carbons (Fsp3) is 0.429. The van der Waals surface area contributed by atoms with E-state index in [4.69, 9.17) is 10.5 Å². The minimum Gasteiger partial charge on any atom is -0.495 e. The van der Waals surface area contributed by atoms with Crippen molar-refractivity contribution in [3.05, 3.63) is 23.8 Å². The quantitative estimate of drug-likeness (QED) is 0.758. The van der Waals surface area contributed by atoms with E-state index in [0.717, 1.165) is 0 Å². The number of benzene rings is 1. The lowest BCUT2D eigenvalue weighted by atomic mass is 10.1. The van der Waals surface area contributed by atoms with Crippen molar-refractivity contribution in [1.82, 2.24) is 15.1 Å². The molecule has 3 N–H and O–H groups in total. The summed E-state index contributed by atoms with van der Waals surface area (Å²) in [5.74, 6) is 0.435. The van der Waals surface area contributed by atoms with Crippen LogP contribution in [0.15, 0.2) is 18.2 Å². The van der Waals surface area contributed by atoms with E-state index in [2.05, 4.69) is 5.32 Å². The lowest BCUT2D eigenvalue weighted by Gasteiger charge is -2.36. The van der Waals surface area contributed by atoms with Crippen LogP contribution in [0.1, 0.15) is 10.4 Å². The summed E-state index contributed by atoms with van der Waals surface area (Å²) in [6.07, 6.45) is 0. The van der Waals surface area contributed by atoms with Crippen molar-refractivity contribution >= 4 is 17.6 Å². The van der Waals surface area contributed by atoms with E-state index in [0.29, 0.717) is 43.2 Å². The summed E-state index contributed by atoms with van der Waals surface area (Å²) in [6.45, 7) is 2.24. The maximum absolute atomic E-state index is 12.6. The highest BCUT2D eigenvalue weighted by molar-refractivity contribution is 5.95. The number of hydrogen-bond donors (Lipinski definition) is 2. The van der Waals surface area contributed by atoms with Crippen LogP contribution in [-0.4, -0.2) is 61.1 Å². The number of carbonyl (C=O) groups is 2. The predicted molar refractivity (Wildman–Crippen MR) is 77.2 cm³/mol. The van der Waals surface area contributed by atoms with Crippen LogP contribution >= 0.6 is 0 Å². The van der Waals surface area contributed by atoms with Gasteiger partial charge in [-0.1, -0.05) is 0 Å². The van der Waals surface area contributed by atoms with Gasteiger partial charge in [-0.15, -0.1) is 0 Å². The maximum Gasteiger partial charge on any atom is 0.317 e. The standard InChI is InChI=1S/C14H18N4O3/c1-21-12-6-9(2-3-11(12)15)13(19)17-4-5-18-10(8-17)7-16-14(18)20/h2-3,6,10H,4-5,7-8,15H2,1H3,(H,16,20). The fourth-order valence-corrected chi connectivity index (χ4v) is 2.82. The van der Waals surface area contributed by atoms with Gasteiger partial charge < -0.3 is 25.6 Å². The van der Waals surface area contributed by atoms with E-state index in [1.807, 2.05) is 0 Å². The van der Waals surface area contributed by atoms with Crippen LogP contribution < -0.4 is 15.8 Å². The molecular weight excluding hydrogens is 272 g/mol. The number of piperazine rings is 1. The average Bonchev–Trinajstić information content (AvgIpc) is 2.88. The number of rotatable bonds is 2. The van der Waals surface area contributed by atoms with Gasteiger partial charge in [-0.2, -0.15) is 0 Å². The Morgan fingerprint density at radius 1 is 1.43 bits per heavy atom. The van der Waals surface area contributed by atoms with E-state index in [-0.39, 0.29) is 18.0 Å². The van der Waals surface area contributed by atoms with Crippen molar-refractivity contribution < 1.29 is 14.3 Å². The Morgan fingerprint density at radius 3 is 3.00 bits per heavy atom. The topological polar surface area (TPSA) is 87.9 Å². The maximum atomic E-state index is 12.6. The number of methoxy groups -OCH3 is 1. The zero-order valence-corrected chi connectivity index (χ0v) is 11.8. The summed E-state index contributed by atoms with van der Waals surface area (Å²) in [7, 11) is 1.52.